The summed E-state index contributed by atoms with van der Waals surface area (Å²) >= 11 is 0. The molecular formula is C33H42N6O5. The molecule has 0 aliphatic carbocycles. The fourth-order valence-corrected chi connectivity index (χ4v) is 5.84. The molecule has 1 atom stereocenters. The molecular weight excluding hydrogens is 560 g/mol. The van der Waals surface area contributed by atoms with E-state index in [4.69, 9.17) is 20.2 Å². The first kappa shape index (κ1) is 31.2. The first-order valence-electron chi connectivity index (χ1n) is 15.3. The molecule has 0 radical (unpaired) electrons. The zero-order valence-corrected chi connectivity index (χ0v) is 25.6. The number of amides is 1. The lowest BCUT2D eigenvalue weighted by Gasteiger charge is -2.30. The molecule has 0 spiro atoms. The fourth-order valence-electron chi connectivity index (χ4n) is 5.84. The summed E-state index contributed by atoms with van der Waals surface area (Å²) in [6.45, 7) is 5.83. The third-order valence-electron chi connectivity index (χ3n) is 8.12. The summed E-state index contributed by atoms with van der Waals surface area (Å²) in [6.07, 6.45) is 3.77. The van der Waals surface area contributed by atoms with Gasteiger partial charge in [0.2, 0.25) is 5.91 Å². The number of nitrogens with two attached hydrogens (primary N) is 1. The van der Waals surface area contributed by atoms with Gasteiger partial charge in [-0.25, -0.2) is 14.8 Å². The lowest BCUT2D eigenvalue weighted by atomic mass is 10.1. The summed E-state index contributed by atoms with van der Waals surface area (Å²) in [6, 6.07) is 15.2. The van der Waals surface area contributed by atoms with Crippen LogP contribution in [-0.4, -0.2) is 87.3 Å². The summed E-state index contributed by atoms with van der Waals surface area (Å²) in [7, 11) is 1.67. The van der Waals surface area contributed by atoms with Crippen LogP contribution in [-0.2, 0) is 33.8 Å². The Bertz CT molecular complexity index is 1600. The summed E-state index contributed by atoms with van der Waals surface area (Å²) in [5.41, 5.74) is 9.69. The summed E-state index contributed by atoms with van der Waals surface area (Å²) in [5.74, 6) is 0.776. The number of piperidine rings is 1. The number of benzene rings is 2. The highest BCUT2D eigenvalue weighted by molar-refractivity contribution is 6.06. The van der Waals surface area contributed by atoms with Gasteiger partial charge in [-0.3, -0.25) is 9.69 Å². The van der Waals surface area contributed by atoms with Crippen molar-refractivity contribution in [2.75, 3.05) is 45.6 Å². The zero-order valence-electron chi connectivity index (χ0n) is 25.6. The lowest BCUT2D eigenvalue weighted by Crippen LogP contribution is -2.42. The number of aryl methyl sites for hydroxylation is 1. The van der Waals surface area contributed by atoms with Crippen LogP contribution in [0.15, 0.2) is 48.5 Å². The van der Waals surface area contributed by atoms with Gasteiger partial charge in [0.15, 0.2) is 11.9 Å². The summed E-state index contributed by atoms with van der Waals surface area (Å²) in [4.78, 5) is 38.6. The molecule has 1 fully saturated rings. The standard InChI is InChI=1S/C33H42N6O5/c1-23(33(41)42)44-25-11-8-10-24(20-25)21-38(29(40)22-37-15-6-3-7-16-37)17-9-18-39-28(14-19-43-2)36-30-31(39)26-12-4-5-13-27(26)35-32(30)34/h4-5,8,10-13,20,23H,3,6-7,9,14-19,21-22H2,1-2H3,(H2,34,35)(H,41,42). The van der Waals surface area contributed by atoms with E-state index in [1.165, 1.54) is 13.3 Å². The average Bonchev–Trinajstić information content (AvgIpc) is 3.39. The number of hydrogen-bond acceptors (Lipinski definition) is 8. The molecule has 0 bridgehead atoms. The monoisotopic (exact) mass is 602 g/mol. The van der Waals surface area contributed by atoms with Crippen molar-refractivity contribution in [3.63, 3.8) is 0 Å². The number of carbonyl (C=O) groups excluding carboxylic acids is 1. The number of carboxylic acids is 1. The average molecular weight is 603 g/mol. The maximum atomic E-state index is 13.7. The van der Waals surface area contributed by atoms with E-state index in [2.05, 4.69) is 14.5 Å². The highest BCUT2D eigenvalue weighted by atomic mass is 16.5. The van der Waals surface area contributed by atoms with Crippen LogP contribution < -0.4 is 10.5 Å². The number of carboxylic acid groups (broad SMARTS) is 1. The van der Waals surface area contributed by atoms with E-state index in [0.29, 0.717) is 62.7 Å². The number of ether oxygens (including phenoxy) is 2. The number of aromatic nitrogens is 3. The number of likely N-dealkylation sites (tertiary alicyclic amines) is 1. The highest BCUT2D eigenvalue weighted by Crippen LogP contribution is 2.29. The van der Waals surface area contributed by atoms with Gasteiger partial charge < -0.3 is 29.8 Å². The van der Waals surface area contributed by atoms with Crippen molar-refractivity contribution >= 4 is 39.6 Å². The van der Waals surface area contributed by atoms with E-state index in [1.54, 1.807) is 13.2 Å². The number of fused-ring (bicyclic) bond motifs is 3. The van der Waals surface area contributed by atoms with Gasteiger partial charge in [-0.2, -0.15) is 0 Å². The summed E-state index contributed by atoms with van der Waals surface area (Å²) < 4.78 is 13.2. The normalized spacial score (nSPS) is 14.6. The smallest absolute Gasteiger partial charge is 0.344 e. The van der Waals surface area contributed by atoms with Gasteiger partial charge >= 0.3 is 5.97 Å². The van der Waals surface area contributed by atoms with Crippen LogP contribution >= 0.6 is 0 Å². The predicted octanol–water partition coefficient (Wildman–Crippen LogP) is 4.11. The molecule has 2 aromatic carbocycles. The Balaban J connectivity index is 1.39. The van der Waals surface area contributed by atoms with Crippen molar-refractivity contribution in [2.24, 2.45) is 0 Å². The Kier molecular flexibility index (Phi) is 10.3. The quantitative estimate of drug-likeness (QED) is 0.219. The highest BCUT2D eigenvalue weighted by Gasteiger charge is 2.22. The molecule has 11 nitrogen and oxygen atoms in total. The van der Waals surface area contributed by atoms with Gasteiger partial charge in [0.25, 0.3) is 0 Å². The van der Waals surface area contributed by atoms with E-state index in [0.717, 1.165) is 53.7 Å². The summed E-state index contributed by atoms with van der Waals surface area (Å²) in [5, 5.41) is 10.2. The van der Waals surface area contributed by atoms with E-state index in [1.807, 2.05) is 47.4 Å². The number of anilines is 1. The molecule has 11 heteroatoms. The van der Waals surface area contributed by atoms with Gasteiger partial charge in [0.1, 0.15) is 17.1 Å². The number of aliphatic carboxylic acids is 1. The molecule has 234 valence electrons. The van der Waals surface area contributed by atoms with Crippen LogP contribution in [0.5, 0.6) is 5.75 Å². The molecule has 5 rings (SSSR count). The number of methoxy groups -OCH3 is 1. The van der Waals surface area contributed by atoms with Crippen molar-refractivity contribution in [1.29, 1.82) is 0 Å². The molecule has 2 aromatic heterocycles. The Morgan fingerprint density at radius 1 is 1.09 bits per heavy atom. The van der Waals surface area contributed by atoms with Gasteiger partial charge in [-0.1, -0.05) is 36.8 Å². The minimum Gasteiger partial charge on any atom is -0.479 e. The number of carbonyl (C=O) groups is 2. The van der Waals surface area contributed by atoms with Crippen LogP contribution in [0.1, 0.15) is 44.0 Å². The van der Waals surface area contributed by atoms with Crippen molar-refractivity contribution in [2.45, 2.75) is 58.2 Å². The number of nitrogen functional groups attached to an aromatic ring is 1. The van der Waals surface area contributed by atoms with Crippen LogP contribution in [0, 0.1) is 0 Å². The molecule has 3 heterocycles. The van der Waals surface area contributed by atoms with Crippen molar-refractivity contribution in [3.8, 4) is 5.75 Å². The second kappa shape index (κ2) is 14.5. The van der Waals surface area contributed by atoms with Gasteiger partial charge in [0.05, 0.1) is 24.2 Å². The number of nitrogens with zero attached hydrogens (tertiary/aromatic N) is 5. The second-order valence-corrected chi connectivity index (χ2v) is 11.4. The van der Waals surface area contributed by atoms with Gasteiger partial charge in [0, 0.05) is 38.6 Å². The van der Waals surface area contributed by atoms with Crippen molar-refractivity contribution < 1.29 is 24.2 Å². The number of para-hydroxylation sites is 1. The second-order valence-electron chi connectivity index (χ2n) is 11.4. The number of imidazole rings is 1. The molecule has 1 saturated heterocycles. The third kappa shape index (κ3) is 7.46. The topological polar surface area (TPSA) is 136 Å². The number of pyridine rings is 1. The maximum absolute atomic E-state index is 13.7. The Morgan fingerprint density at radius 3 is 2.66 bits per heavy atom. The third-order valence-corrected chi connectivity index (χ3v) is 8.12. The molecule has 44 heavy (non-hydrogen) atoms. The van der Waals surface area contributed by atoms with Crippen LogP contribution in [0.4, 0.5) is 5.82 Å². The molecule has 0 saturated carbocycles. The Morgan fingerprint density at radius 2 is 1.89 bits per heavy atom. The van der Waals surface area contributed by atoms with E-state index in [9.17, 15) is 14.7 Å². The molecule has 3 N–H and O–H groups in total. The minimum atomic E-state index is -1.03. The van der Waals surface area contributed by atoms with Crippen LogP contribution in [0.3, 0.4) is 0 Å². The largest absolute Gasteiger partial charge is 0.479 e. The fraction of sp³-hybridized carbons (Fsp3) is 0.455. The first-order chi connectivity index (χ1) is 21.3. The number of rotatable bonds is 14. The van der Waals surface area contributed by atoms with Crippen molar-refractivity contribution in [3.05, 3.63) is 59.9 Å². The molecule has 1 amide bonds. The lowest BCUT2D eigenvalue weighted by molar-refractivity contribution is -0.144. The maximum Gasteiger partial charge on any atom is 0.344 e. The zero-order chi connectivity index (χ0) is 31.1. The Hall–Kier alpha value is -4.22. The Labute approximate surface area is 257 Å². The first-order valence-corrected chi connectivity index (χ1v) is 15.3. The van der Waals surface area contributed by atoms with Gasteiger partial charge in [-0.05, 0) is 63.0 Å². The molecule has 4 aromatic rings. The predicted molar refractivity (Wildman–Crippen MR) is 170 cm³/mol. The minimum absolute atomic E-state index is 0.0751. The SMILES string of the molecule is COCCc1nc2c(N)nc3ccccc3c2n1CCCN(Cc1cccc(OC(C)C(=O)O)c1)C(=O)CN1CCCCC1. The van der Waals surface area contributed by atoms with Crippen LogP contribution in [0.25, 0.3) is 21.9 Å². The van der Waals surface area contributed by atoms with E-state index >= 15 is 0 Å². The number of hydrogen-bond donors (Lipinski definition) is 2. The molecule has 1 unspecified atom stereocenters. The van der Waals surface area contributed by atoms with Crippen LogP contribution in [0.2, 0.25) is 0 Å². The molecule has 1 aliphatic heterocycles. The van der Waals surface area contributed by atoms with Crippen molar-refractivity contribution in [1.82, 2.24) is 24.3 Å². The van der Waals surface area contributed by atoms with Gasteiger partial charge in [-0.15, -0.1) is 0 Å². The van der Waals surface area contributed by atoms with E-state index < -0.39 is 12.1 Å². The molecule has 1 aliphatic rings. The van der Waals surface area contributed by atoms with E-state index in [-0.39, 0.29) is 5.91 Å².